The maximum Gasteiger partial charge on any atom is 0.249 e. The topological polar surface area (TPSA) is 97.5 Å². The van der Waals surface area contributed by atoms with Crippen LogP contribution in [0.4, 0.5) is 5.69 Å². The number of hydrogen-bond acceptors (Lipinski definition) is 5. The van der Waals surface area contributed by atoms with Crippen LogP contribution >= 0.6 is 0 Å². The molecule has 8 heteroatoms. The van der Waals surface area contributed by atoms with E-state index in [9.17, 15) is 16.8 Å². The van der Waals surface area contributed by atoms with Gasteiger partial charge in [0, 0.05) is 18.8 Å². The second-order valence-corrected chi connectivity index (χ2v) is 9.27. The maximum absolute atomic E-state index is 12.3. The highest BCUT2D eigenvalue weighted by molar-refractivity contribution is 8.08. The summed E-state index contributed by atoms with van der Waals surface area (Å²) in [7, 11) is -7.57. The molecule has 0 spiro atoms. The van der Waals surface area contributed by atoms with Crippen molar-refractivity contribution >= 4 is 25.5 Å². The van der Waals surface area contributed by atoms with E-state index in [1.165, 1.54) is 0 Å². The standard InChI is InChI=1S/C12H20N2O4S2/c1-10(2)14(20(17,18)9-19(3,15)16)12-6-4-11(8-13)5-7-12/h4-7,10H,8-9,13H2,1-3H3. The van der Waals surface area contributed by atoms with Crippen LogP contribution in [0.25, 0.3) is 0 Å². The SMILES string of the molecule is CC(C)N(c1ccc(CN)cc1)S(=O)(=O)CS(C)(=O)=O. The van der Waals surface area contributed by atoms with Gasteiger partial charge in [-0.2, -0.15) is 0 Å². The third-order valence-electron chi connectivity index (χ3n) is 2.56. The molecule has 0 saturated carbocycles. The molecule has 0 fully saturated rings. The van der Waals surface area contributed by atoms with Crippen LogP contribution in [-0.4, -0.2) is 34.2 Å². The van der Waals surface area contributed by atoms with Crippen LogP contribution < -0.4 is 10.0 Å². The largest absolute Gasteiger partial charge is 0.326 e. The first-order chi connectivity index (χ1) is 9.07. The van der Waals surface area contributed by atoms with Crippen LogP contribution in [0, 0.1) is 0 Å². The molecule has 0 aliphatic heterocycles. The van der Waals surface area contributed by atoms with E-state index in [2.05, 4.69) is 0 Å². The zero-order chi connectivity index (χ0) is 15.6. The van der Waals surface area contributed by atoms with E-state index in [1.807, 2.05) is 0 Å². The predicted molar refractivity (Wildman–Crippen MR) is 80.6 cm³/mol. The lowest BCUT2D eigenvalue weighted by Gasteiger charge is -2.28. The molecule has 6 nitrogen and oxygen atoms in total. The number of anilines is 1. The summed E-state index contributed by atoms with van der Waals surface area (Å²) in [6, 6.07) is 6.32. The van der Waals surface area contributed by atoms with Crippen molar-refractivity contribution in [2.45, 2.75) is 26.4 Å². The van der Waals surface area contributed by atoms with Gasteiger partial charge in [-0.1, -0.05) is 12.1 Å². The summed E-state index contributed by atoms with van der Waals surface area (Å²) in [5.41, 5.74) is 6.80. The molecule has 0 bridgehead atoms. The molecular weight excluding hydrogens is 300 g/mol. The number of nitrogens with zero attached hydrogens (tertiary/aromatic N) is 1. The van der Waals surface area contributed by atoms with Gasteiger partial charge < -0.3 is 5.73 Å². The molecule has 0 unspecified atom stereocenters. The molecule has 20 heavy (non-hydrogen) atoms. The number of nitrogens with two attached hydrogens (primary N) is 1. The minimum absolute atomic E-state index is 0.359. The van der Waals surface area contributed by atoms with Crippen molar-refractivity contribution in [3.63, 3.8) is 0 Å². The third kappa shape index (κ3) is 4.46. The summed E-state index contributed by atoms with van der Waals surface area (Å²) in [6.45, 7) is 3.74. The van der Waals surface area contributed by atoms with Gasteiger partial charge >= 0.3 is 0 Å². The average Bonchev–Trinajstić information content (AvgIpc) is 2.25. The molecule has 0 saturated heterocycles. The zero-order valence-electron chi connectivity index (χ0n) is 11.8. The molecule has 0 amide bonds. The van der Waals surface area contributed by atoms with Gasteiger partial charge in [0.15, 0.2) is 14.9 Å². The molecule has 2 N–H and O–H groups in total. The van der Waals surface area contributed by atoms with Gasteiger partial charge in [-0.3, -0.25) is 4.31 Å². The quantitative estimate of drug-likeness (QED) is 0.831. The molecular formula is C12H20N2O4S2. The van der Waals surface area contributed by atoms with Crippen LogP contribution in [0.5, 0.6) is 0 Å². The number of sulfonamides is 1. The molecule has 0 radical (unpaired) electrons. The van der Waals surface area contributed by atoms with Crippen molar-refractivity contribution in [2.24, 2.45) is 5.73 Å². The van der Waals surface area contributed by atoms with Gasteiger partial charge in [0.25, 0.3) is 0 Å². The molecule has 0 aliphatic carbocycles. The summed E-state index contributed by atoms with van der Waals surface area (Å²) < 4.78 is 48.2. The van der Waals surface area contributed by atoms with Gasteiger partial charge in [0.1, 0.15) is 0 Å². The van der Waals surface area contributed by atoms with Gasteiger partial charge in [-0.25, -0.2) is 16.8 Å². The van der Waals surface area contributed by atoms with Crippen LogP contribution in [0.3, 0.4) is 0 Å². The minimum atomic E-state index is -3.94. The van der Waals surface area contributed by atoms with Crippen LogP contribution in [0.1, 0.15) is 19.4 Å². The molecule has 0 aromatic heterocycles. The number of sulfone groups is 1. The number of benzene rings is 1. The summed E-state index contributed by atoms with van der Waals surface area (Å²) in [6.07, 6.45) is 0.903. The van der Waals surface area contributed by atoms with Crippen molar-refractivity contribution < 1.29 is 16.8 Å². The molecule has 114 valence electrons. The minimum Gasteiger partial charge on any atom is -0.326 e. The van der Waals surface area contributed by atoms with Crippen LogP contribution in [-0.2, 0) is 26.4 Å². The van der Waals surface area contributed by atoms with E-state index in [-0.39, 0.29) is 6.04 Å². The van der Waals surface area contributed by atoms with Gasteiger partial charge in [0.2, 0.25) is 10.0 Å². The Labute approximate surface area is 120 Å². The van der Waals surface area contributed by atoms with Crippen molar-refractivity contribution in [1.29, 1.82) is 0 Å². The second kappa shape index (κ2) is 6.11. The highest BCUT2D eigenvalue weighted by atomic mass is 32.3. The molecule has 1 aromatic rings. The van der Waals surface area contributed by atoms with Crippen LogP contribution in [0.2, 0.25) is 0 Å². The second-order valence-electron chi connectivity index (χ2n) is 4.92. The first-order valence-electron chi connectivity index (χ1n) is 6.05. The van der Waals surface area contributed by atoms with Crippen molar-refractivity contribution in [2.75, 3.05) is 15.6 Å². The lowest BCUT2D eigenvalue weighted by Crippen LogP contribution is -2.40. The fourth-order valence-corrected chi connectivity index (χ4v) is 5.59. The van der Waals surface area contributed by atoms with E-state index in [0.29, 0.717) is 12.2 Å². The fraction of sp³-hybridized carbons (Fsp3) is 0.500. The third-order valence-corrected chi connectivity index (χ3v) is 6.69. The van der Waals surface area contributed by atoms with Gasteiger partial charge in [0.05, 0.1) is 5.69 Å². The molecule has 0 atom stereocenters. The molecule has 0 heterocycles. The zero-order valence-corrected chi connectivity index (χ0v) is 13.4. The monoisotopic (exact) mass is 320 g/mol. The van der Waals surface area contributed by atoms with E-state index in [0.717, 1.165) is 16.1 Å². The maximum atomic E-state index is 12.3. The normalized spacial score (nSPS) is 12.7. The van der Waals surface area contributed by atoms with Crippen molar-refractivity contribution in [1.82, 2.24) is 0 Å². The van der Waals surface area contributed by atoms with E-state index < -0.39 is 24.9 Å². The lowest BCUT2D eigenvalue weighted by atomic mass is 10.2. The number of hydrogen-bond donors (Lipinski definition) is 1. The van der Waals surface area contributed by atoms with Crippen LogP contribution in [0.15, 0.2) is 24.3 Å². The Morgan fingerprint density at radius 3 is 1.95 bits per heavy atom. The summed E-state index contributed by atoms with van der Waals surface area (Å²) in [4.78, 5) is 0. The average molecular weight is 320 g/mol. The number of rotatable bonds is 6. The van der Waals surface area contributed by atoms with Gasteiger partial charge in [-0.05, 0) is 31.5 Å². The lowest BCUT2D eigenvalue weighted by molar-refractivity contribution is 0.583. The highest BCUT2D eigenvalue weighted by Crippen LogP contribution is 2.22. The Morgan fingerprint density at radius 1 is 1.10 bits per heavy atom. The smallest absolute Gasteiger partial charge is 0.249 e. The summed E-state index contributed by atoms with van der Waals surface area (Å²) in [5, 5.41) is -0.906. The Kier molecular flexibility index (Phi) is 5.17. The first kappa shape index (κ1) is 16.9. The molecule has 1 aromatic carbocycles. The first-order valence-corrected chi connectivity index (χ1v) is 9.72. The Morgan fingerprint density at radius 2 is 1.60 bits per heavy atom. The summed E-state index contributed by atoms with van der Waals surface area (Å²) >= 11 is 0. The molecule has 0 aliphatic rings. The van der Waals surface area contributed by atoms with E-state index >= 15 is 0 Å². The highest BCUT2D eigenvalue weighted by Gasteiger charge is 2.29. The van der Waals surface area contributed by atoms with Crippen molar-refractivity contribution in [3.8, 4) is 0 Å². The fourth-order valence-electron chi connectivity index (χ4n) is 1.89. The van der Waals surface area contributed by atoms with Gasteiger partial charge in [-0.15, -0.1) is 0 Å². The van der Waals surface area contributed by atoms with E-state index in [4.69, 9.17) is 5.73 Å². The van der Waals surface area contributed by atoms with Crippen molar-refractivity contribution in [3.05, 3.63) is 29.8 Å². The molecule has 1 rings (SSSR count). The Hall–Kier alpha value is -1.12. The Balaban J connectivity index is 3.23. The Bertz CT molecular complexity index is 649. The van der Waals surface area contributed by atoms with E-state index in [1.54, 1.807) is 38.1 Å². The predicted octanol–water partition coefficient (Wildman–Crippen LogP) is 0.692. The summed E-state index contributed by atoms with van der Waals surface area (Å²) in [5.74, 6) is 0.